The summed E-state index contributed by atoms with van der Waals surface area (Å²) < 4.78 is 3.99. The van der Waals surface area contributed by atoms with Crippen molar-refractivity contribution in [3.63, 3.8) is 0 Å². The molecule has 4 heterocycles. The van der Waals surface area contributed by atoms with E-state index < -0.39 is 0 Å². The minimum atomic E-state index is 0.0517. The molecule has 2 aromatic rings. The van der Waals surface area contributed by atoms with Crippen LogP contribution in [0.15, 0.2) is 10.9 Å². The zero-order valence-corrected chi connectivity index (χ0v) is 16.5. The fourth-order valence-corrected chi connectivity index (χ4v) is 4.69. The van der Waals surface area contributed by atoms with Crippen molar-refractivity contribution < 1.29 is 0 Å². The lowest BCUT2D eigenvalue weighted by Gasteiger charge is -2.34. The second kappa shape index (κ2) is 7.75. The second-order valence-electron chi connectivity index (χ2n) is 8.29. The summed E-state index contributed by atoms with van der Waals surface area (Å²) in [5.41, 5.74) is 2.34. The van der Waals surface area contributed by atoms with E-state index in [9.17, 15) is 4.79 Å². The summed E-state index contributed by atoms with van der Waals surface area (Å²) in [7, 11) is 0. The molecule has 0 radical (unpaired) electrons. The highest BCUT2D eigenvalue weighted by Gasteiger charge is 2.22. The van der Waals surface area contributed by atoms with Crippen molar-refractivity contribution in [1.82, 2.24) is 34.3 Å². The van der Waals surface area contributed by atoms with Crippen LogP contribution in [0.2, 0.25) is 0 Å². The fourth-order valence-electron chi connectivity index (χ4n) is 4.69. The molecule has 3 aliphatic rings. The summed E-state index contributed by atoms with van der Waals surface area (Å²) in [6, 6.07) is 1.80. The number of piperazine rings is 1. The first kappa shape index (κ1) is 18.0. The van der Waals surface area contributed by atoms with Gasteiger partial charge in [-0.05, 0) is 37.7 Å². The first-order valence-corrected chi connectivity index (χ1v) is 10.7. The highest BCUT2D eigenvalue weighted by Crippen LogP contribution is 2.17. The molecule has 0 N–H and O–H groups in total. The van der Waals surface area contributed by atoms with Crippen molar-refractivity contribution in [2.45, 2.75) is 58.2 Å². The van der Waals surface area contributed by atoms with Gasteiger partial charge in [0, 0.05) is 51.8 Å². The largest absolute Gasteiger partial charge is 0.314 e. The van der Waals surface area contributed by atoms with E-state index in [-0.39, 0.29) is 5.56 Å². The number of hydrogen-bond donors (Lipinski definition) is 0. The summed E-state index contributed by atoms with van der Waals surface area (Å²) >= 11 is 0. The van der Waals surface area contributed by atoms with Gasteiger partial charge >= 0.3 is 0 Å². The third kappa shape index (κ3) is 3.63. The molecule has 1 aliphatic carbocycles. The number of fused-ring (bicyclic) bond motifs is 2. The van der Waals surface area contributed by atoms with E-state index >= 15 is 0 Å². The van der Waals surface area contributed by atoms with Crippen LogP contribution < -0.4 is 5.56 Å². The molecule has 0 atom stereocenters. The van der Waals surface area contributed by atoms with E-state index in [1.807, 2.05) is 0 Å². The molecule has 2 aromatic heterocycles. The van der Waals surface area contributed by atoms with Crippen molar-refractivity contribution in [3.05, 3.63) is 39.3 Å². The van der Waals surface area contributed by atoms with Crippen LogP contribution in [0.5, 0.6) is 0 Å². The Morgan fingerprint density at radius 2 is 1.71 bits per heavy atom. The molecular weight excluding hydrogens is 354 g/mol. The molecule has 0 bridgehead atoms. The normalized spacial score (nSPS) is 20.3. The minimum absolute atomic E-state index is 0.0517. The van der Waals surface area contributed by atoms with Crippen LogP contribution in [0.25, 0.3) is 0 Å². The SMILES string of the molecule is O=c1cc2c(nn1CCN1CCN(Cc3nnc4n3CCCC4)CC1)CCC2. The van der Waals surface area contributed by atoms with E-state index in [4.69, 9.17) is 0 Å². The number of rotatable bonds is 5. The highest BCUT2D eigenvalue weighted by atomic mass is 16.1. The molecule has 0 spiro atoms. The molecule has 1 fully saturated rings. The summed E-state index contributed by atoms with van der Waals surface area (Å²) in [5.74, 6) is 2.28. The molecule has 150 valence electrons. The van der Waals surface area contributed by atoms with Crippen molar-refractivity contribution in [2.24, 2.45) is 0 Å². The molecule has 8 nitrogen and oxygen atoms in total. The Hall–Kier alpha value is -2.06. The Labute approximate surface area is 165 Å². The van der Waals surface area contributed by atoms with Crippen molar-refractivity contribution in [2.75, 3.05) is 32.7 Å². The van der Waals surface area contributed by atoms with Gasteiger partial charge in [-0.25, -0.2) is 4.68 Å². The zero-order chi connectivity index (χ0) is 18.9. The van der Waals surface area contributed by atoms with Gasteiger partial charge in [0.25, 0.3) is 5.56 Å². The molecule has 2 aliphatic heterocycles. The first-order valence-electron chi connectivity index (χ1n) is 10.7. The molecule has 0 saturated carbocycles. The van der Waals surface area contributed by atoms with E-state index in [0.717, 1.165) is 94.4 Å². The Balaban J connectivity index is 1.13. The monoisotopic (exact) mass is 383 g/mol. The zero-order valence-electron chi connectivity index (χ0n) is 16.5. The van der Waals surface area contributed by atoms with Crippen LogP contribution in [-0.2, 0) is 38.9 Å². The second-order valence-corrected chi connectivity index (χ2v) is 8.29. The van der Waals surface area contributed by atoms with Gasteiger partial charge in [0.2, 0.25) is 0 Å². The van der Waals surface area contributed by atoms with Gasteiger partial charge in [-0.1, -0.05) is 0 Å². The average molecular weight is 384 g/mol. The molecule has 0 amide bonds. The Morgan fingerprint density at radius 3 is 2.61 bits per heavy atom. The van der Waals surface area contributed by atoms with E-state index in [1.165, 1.54) is 12.8 Å². The molecule has 5 rings (SSSR count). The van der Waals surface area contributed by atoms with E-state index in [1.54, 1.807) is 10.7 Å². The van der Waals surface area contributed by atoms with E-state index in [2.05, 4.69) is 29.7 Å². The lowest BCUT2D eigenvalue weighted by molar-refractivity contribution is 0.119. The maximum atomic E-state index is 12.3. The summed E-state index contributed by atoms with van der Waals surface area (Å²) in [4.78, 5) is 17.2. The maximum Gasteiger partial charge on any atom is 0.267 e. The highest BCUT2D eigenvalue weighted by molar-refractivity contribution is 5.22. The van der Waals surface area contributed by atoms with E-state index in [0.29, 0.717) is 6.54 Å². The minimum Gasteiger partial charge on any atom is -0.314 e. The predicted molar refractivity (Wildman–Crippen MR) is 105 cm³/mol. The third-order valence-electron chi connectivity index (χ3n) is 6.42. The van der Waals surface area contributed by atoms with Crippen LogP contribution in [0.4, 0.5) is 0 Å². The van der Waals surface area contributed by atoms with Crippen LogP contribution in [0.3, 0.4) is 0 Å². The summed E-state index contributed by atoms with van der Waals surface area (Å²) in [5, 5.41) is 13.4. The molecule has 0 aromatic carbocycles. The van der Waals surface area contributed by atoms with Gasteiger partial charge in [0.15, 0.2) is 0 Å². The quantitative estimate of drug-likeness (QED) is 0.748. The molecule has 28 heavy (non-hydrogen) atoms. The van der Waals surface area contributed by atoms with Gasteiger partial charge in [-0.15, -0.1) is 10.2 Å². The predicted octanol–water partition coefficient (Wildman–Crippen LogP) is 0.478. The standard InChI is InChI=1S/C20H29N7O/c28-20-14-16-4-3-5-17(16)23-27(20)13-12-24-8-10-25(11-9-24)15-19-22-21-18-6-1-2-7-26(18)19/h14H,1-13,15H2. The van der Waals surface area contributed by atoms with Gasteiger partial charge in [0.1, 0.15) is 11.6 Å². The van der Waals surface area contributed by atoms with Crippen molar-refractivity contribution >= 4 is 0 Å². The molecule has 1 saturated heterocycles. The van der Waals surface area contributed by atoms with Gasteiger partial charge in [0.05, 0.1) is 18.8 Å². The number of aryl methyl sites for hydroxylation is 3. The molecular formula is C20H29N7O. The van der Waals surface area contributed by atoms with Crippen LogP contribution in [0, 0.1) is 0 Å². The van der Waals surface area contributed by atoms with Crippen molar-refractivity contribution in [3.8, 4) is 0 Å². The lowest BCUT2D eigenvalue weighted by atomic mass is 10.1. The Bertz CT molecular complexity index is 894. The van der Waals surface area contributed by atoms with Gasteiger partial charge in [-0.2, -0.15) is 5.10 Å². The van der Waals surface area contributed by atoms with Crippen LogP contribution >= 0.6 is 0 Å². The summed E-state index contributed by atoms with van der Waals surface area (Å²) in [6.45, 7) is 7.67. The van der Waals surface area contributed by atoms with Gasteiger partial charge < -0.3 is 4.57 Å². The van der Waals surface area contributed by atoms with Crippen molar-refractivity contribution in [1.29, 1.82) is 0 Å². The smallest absolute Gasteiger partial charge is 0.267 e. The third-order valence-corrected chi connectivity index (χ3v) is 6.42. The first-order chi connectivity index (χ1) is 13.8. The van der Waals surface area contributed by atoms with Gasteiger partial charge in [-0.3, -0.25) is 14.6 Å². The molecule has 0 unspecified atom stereocenters. The summed E-state index contributed by atoms with van der Waals surface area (Å²) in [6.07, 6.45) is 6.69. The van der Waals surface area contributed by atoms with Crippen LogP contribution in [-0.4, -0.2) is 67.1 Å². The lowest BCUT2D eigenvalue weighted by Crippen LogP contribution is -2.47. The fraction of sp³-hybridized carbons (Fsp3) is 0.700. The number of aromatic nitrogens is 5. The average Bonchev–Trinajstić information content (AvgIpc) is 3.34. The number of hydrogen-bond acceptors (Lipinski definition) is 6. The van der Waals surface area contributed by atoms with Crippen LogP contribution in [0.1, 0.15) is 42.2 Å². The Morgan fingerprint density at radius 1 is 0.857 bits per heavy atom. The Kier molecular flexibility index (Phi) is 4.98. The topological polar surface area (TPSA) is 72.1 Å². The molecule has 8 heteroatoms. The maximum absolute atomic E-state index is 12.3. The number of nitrogens with zero attached hydrogens (tertiary/aromatic N) is 7.